The molecule has 0 saturated carbocycles. The number of carbonyl (C=O) groups excluding carboxylic acids is 2. The molecule has 0 unspecified atom stereocenters. The molecule has 6 heteroatoms. The standard InChI is InChI=1S/C15H16N2O3S/c1-10-9-21-14(17-10)12(7-16)13(18)8-20-15(19)11-5-3-2-4-6-11/h2-3,9,11-12H,4-6,8H2,1H3/t11-,12-/m0/s1. The Morgan fingerprint density at radius 2 is 2.38 bits per heavy atom. The number of ketones is 1. The van der Waals surface area contributed by atoms with Crippen LogP contribution >= 0.6 is 11.3 Å². The minimum Gasteiger partial charge on any atom is -0.457 e. The number of ether oxygens (including phenoxy) is 1. The van der Waals surface area contributed by atoms with Crippen molar-refractivity contribution in [1.29, 1.82) is 5.26 Å². The topological polar surface area (TPSA) is 80.0 Å². The number of Topliss-reactive ketones (excluding diaryl/α,β-unsaturated/α-hetero) is 1. The van der Waals surface area contributed by atoms with Crippen LogP contribution in [-0.2, 0) is 14.3 Å². The van der Waals surface area contributed by atoms with Crippen LogP contribution in [-0.4, -0.2) is 23.3 Å². The smallest absolute Gasteiger partial charge is 0.309 e. The van der Waals surface area contributed by atoms with Crippen molar-refractivity contribution < 1.29 is 14.3 Å². The fourth-order valence-corrected chi connectivity index (χ4v) is 2.98. The first-order chi connectivity index (χ1) is 10.1. The molecular formula is C15H16N2O3S. The van der Waals surface area contributed by atoms with E-state index in [-0.39, 0.29) is 18.5 Å². The van der Waals surface area contributed by atoms with Crippen molar-refractivity contribution in [3.05, 3.63) is 28.2 Å². The molecule has 0 amide bonds. The minimum absolute atomic E-state index is 0.176. The average molecular weight is 304 g/mol. The van der Waals surface area contributed by atoms with E-state index < -0.39 is 11.7 Å². The summed E-state index contributed by atoms with van der Waals surface area (Å²) in [7, 11) is 0. The summed E-state index contributed by atoms with van der Waals surface area (Å²) in [6, 6.07) is 1.93. The maximum absolute atomic E-state index is 12.0. The van der Waals surface area contributed by atoms with E-state index >= 15 is 0 Å². The number of nitriles is 1. The van der Waals surface area contributed by atoms with Crippen molar-refractivity contribution in [2.24, 2.45) is 5.92 Å². The van der Waals surface area contributed by atoms with Gasteiger partial charge in [0, 0.05) is 11.1 Å². The van der Waals surface area contributed by atoms with Crippen LogP contribution < -0.4 is 0 Å². The highest BCUT2D eigenvalue weighted by Gasteiger charge is 2.26. The van der Waals surface area contributed by atoms with Crippen molar-refractivity contribution in [2.75, 3.05) is 6.61 Å². The fraction of sp³-hybridized carbons (Fsp3) is 0.467. The van der Waals surface area contributed by atoms with E-state index in [9.17, 15) is 9.59 Å². The van der Waals surface area contributed by atoms with E-state index in [0.29, 0.717) is 11.4 Å². The van der Waals surface area contributed by atoms with E-state index in [1.807, 2.05) is 18.2 Å². The Bertz CT molecular complexity index is 600. The first-order valence-electron chi connectivity index (χ1n) is 6.77. The van der Waals surface area contributed by atoms with Gasteiger partial charge in [0.05, 0.1) is 12.0 Å². The van der Waals surface area contributed by atoms with Gasteiger partial charge >= 0.3 is 5.97 Å². The van der Waals surface area contributed by atoms with Gasteiger partial charge in [-0.25, -0.2) is 4.98 Å². The molecule has 21 heavy (non-hydrogen) atoms. The van der Waals surface area contributed by atoms with Crippen molar-refractivity contribution >= 4 is 23.1 Å². The van der Waals surface area contributed by atoms with Gasteiger partial charge in [0.25, 0.3) is 0 Å². The van der Waals surface area contributed by atoms with Gasteiger partial charge in [-0.1, -0.05) is 12.2 Å². The molecule has 2 atom stereocenters. The average Bonchev–Trinajstić information content (AvgIpc) is 2.92. The molecule has 1 heterocycles. The van der Waals surface area contributed by atoms with Crippen molar-refractivity contribution in [1.82, 2.24) is 4.98 Å². The largest absolute Gasteiger partial charge is 0.457 e. The van der Waals surface area contributed by atoms with Crippen LogP contribution in [0.3, 0.4) is 0 Å². The van der Waals surface area contributed by atoms with Crippen LogP contribution in [0.2, 0.25) is 0 Å². The predicted octanol–water partition coefficient (Wildman–Crippen LogP) is 2.53. The summed E-state index contributed by atoms with van der Waals surface area (Å²) in [6.45, 7) is 1.44. The summed E-state index contributed by atoms with van der Waals surface area (Å²) >= 11 is 1.27. The number of hydrogen-bond acceptors (Lipinski definition) is 6. The zero-order valence-corrected chi connectivity index (χ0v) is 12.6. The lowest BCUT2D eigenvalue weighted by Crippen LogP contribution is -2.24. The molecule has 5 nitrogen and oxygen atoms in total. The zero-order chi connectivity index (χ0) is 15.2. The SMILES string of the molecule is Cc1csc([C@@H](C#N)C(=O)COC(=O)[C@H]2CC=CCC2)n1. The van der Waals surface area contributed by atoms with E-state index in [0.717, 1.165) is 18.5 Å². The van der Waals surface area contributed by atoms with Crippen LogP contribution in [0.15, 0.2) is 17.5 Å². The van der Waals surface area contributed by atoms with Crippen LogP contribution in [0, 0.1) is 24.2 Å². The third kappa shape index (κ3) is 3.99. The van der Waals surface area contributed by atoms with Crippen molar-refractivity contribution in [3.63, 3.8) is 0 Å². The van der Waals surface area contributed by atoms with Crippen LogP contribution in [0.25, 0.3) is 0 Å². The summed E-state index contributed by atoms with van der Waals surface area (Å²) in [4.78, 5) is 28.0. The summed E-state index contributed by atoms with van der Waals surface area (Å²) < 4.78 is 5.06. The van der Waals surface area contributed by atoms with Gasteiger partial charge in [0.2, 0.25) is 0 Å². The van der Waals surface area contributed by atoms with Gasteiger partial charge < -0.3 is 4.74 Å². The van der Waals surface area contributed by atoms with E-state index in [2.05, 4.69) is 4.98 Å². The van der Waals surface area contributed by atoms with Gasteiger partial charge in [-0.15, -0.1) is 11.3 Å². The molecule has 0 radical (unpaired) electrons. The lowest BCUT2D eigenvalue weighted by molar-refractivity contribution is -0.152. The van der Waals surface area contributed by atoms with Gasteiger partial charge in [-0.05, 0) is 26.2 Å². The Kier molecular flexibility index (Phi) is 5.23. The summed E-state index contributed by atoms with van der Waals surface area (Å²) in [5.41, 5.74) is 0.772. The first kappa shape index (κ1) is 15.4. The van der Waals surface area contributed by atoms with Crippen LogP contribution in [0.5, 0.6) is 0 Å². The maximum atomic E-state index is 12.0. The number of aromatic nitrogens is 1. The number of nitrogens with zero attached hydrogens (tertiary/aromatic N) is 2. The first-order valence-corrected chi connectivity index (χ1v) is 7.65. The van der Waals surface area contributed by atoms with Gasteiger partial charge in [0.1, 0.15) is 5.01 Å². The number of esters is 1. The number of rotatable bonds is 5. The summed E-state index contributed by atoms with van der Waals surface area (Å²) in [5.74, 6) is -1.92. The van der Waals surface area contributed by atoms with Gasteiger partial charge in [-0.3, -0.25) is 9.59 Å². The number of allylic oxidation sites excluding steroid dienone is 2. The third-order valence-electron chi connectivity index (χ3n) is 3.29. The highest BCUT2D eigenvalue weighted by Crippen LogP contribution is 2.22. The predicted molar refractivity (Wildman–Crippen MR) is 77.7 cm³/mol. The summed E-state index contributed by atoms with van der Waals surface area (Å²) in [6.07, 6.45) is 6.24. The second-order valence-corrected chi connectivity index (χ2v) is 5.83. The molecule has 1 aromatic heterocycles. The molecule has 2 rings (SSSR count). The molecule has 0 N–H and O–H groups in total. The van der Waals surface area contributed by atoms with Crippen LogP contribution in [0.1, 0.15) is 35.9 Å². The Morgan fingerprint density at radius 3 is 2.95 bits per heavy atom. The number of thiazole rings is 1. The lowest BCUT2D eigenvalue weighted by Gasteiger charge is -2.16. The Hall–Kier alpha value is -2.00. The van der Waals surface area contributed by atoms with Crippen molar-refractivity contribution in [2.45, 2.75) is 32.1 Å². The van der Waals surface area contributed by atoms with Gasteiger partial charge in [0.15, 0.2) is 18.3 Å². The molecule has 0 aromatic carbocycles. The molecule has 0 aliphatic heterocycles. The molecule has 1 aliphatic carbocycles. The van der Waals surface area contributed by atoms with E-state index in [1.54, 1.807) is 12.3 Å². The van der Waals surface area contributed by atoms with Gasteiger partial charge in [-0.2, -0.15) is 5.26 Å². The van der Waals surface area contributed by atoms with Crippen LogP contribution in [0.4, 0.5) is 0 Å². The normalized spacial score (nSPS) is 18.8. The molecule has 1 aliphatic rings. The van der Waals surface area contributed by atoms with Crippen molar-refractivity contribution in [3.8, 4) is 6.07 Å². The number of hydrogen-bond donors (Lipinski definition) is 0. The highest BCUT2D eigenvalue weighted by atomic mass is 32.1. The molecular weight excluding hydrogens is 288 g/mol. The van der Waals surface area contributed by atoms with E-state index in [4.69, 9.17) is 10.00 Å². The lowest BCUT2D eigenvalue weighted by atomic mass is 9.95. The Labute approximate surface area is 127 Å². The number of carbonyl (C=O) groups is 2. The maximum Gasteiger partial charge on any atom is 0.309 e. The Balaban J connectivity index is 1.90. The molecule has 110 valence electrons. The fourth-order valence-electron chi connectivity index (χ4n) is 2.12. The molecule has 0 spiro atoms. The molecule has 1 aromatic rings. The quantitative estimate of drug-likeness (QED) is 0.617. The Morgan fingerprint density at radius 1 is 1.57 bits per heavy atom. The number of aryl methyl sites for hydroxylation is 1. The zero-order valence-electron chi connectivity index (χ0n) is 11.7. The minimum atomic E-state index is -0.956. The monoisotopic (exact) mass is 304 g/mol. The molecule has 0 bridgehead atoms. The second-order valence-electron chi connectivity index (χ2n) is 4.94. The molecule has 0 fully saturated rings. The molecule has 0 saturated heterocycles. The highest BCUT2D eigenvalue weighted by molar-refractivity contribution is 7.09. The second kappa shape index (κ2) is 7.14. The third-order valence-corrected chi connectivity index (χ3v) is 4.32. The van der Waals surface area contributed by atoms with E-state index in [1.165, 1.54) is 11.3 Å². The summed E-state index contributed by atoms with van der Waals surface area (Å²) in [5, 5.41) is 11.4.